The van der Waals surface area contributed by atoms with Crippen LogP contribution in [0.15, 0.2) is 18.2 Å². The average Bonchev–Trinajstić information content (AvgIpc) is 3.21. The van der Waals surface area contributed by atoms with Gasteiger partial charge >= 0.3 is 5.97 Å². The lowest BCUT2D eigenvalue weighted by molar-refractivity contribution is -0.140. The summed E-state index contributed by atoms with van der Waals surface area (Å²) in [5.41, 5.74) is 1.18. The zero-order valence-electron chi connectivity index (χ0n) is 11.6. The Morgan fingerprint density at radius 2 is 1.90 bits per heavy atom. The quantitative estimate of drug-likeness (QED) is 0.928. The molecule has 0 amide bonds. The molecule has 0 radical (unpaired) electrons. The van der Waals surface area contributed by atoms with Gasteiger partial charge in [-0.2, -0.15) is 0 Å². The van der Waals surface area contributed by atoms with Gasteiger partial charge in [-0.15, -0.1) is 0 Å². The van der Waals surface area contributed by atoms with Gasteiger partial charge in [0.05, 0.1) is 16.1 Å². The number of carboxylic acid groups (broad SMARTS) is 1. The van der Waals surface area contributed by atoms with E-state index >= 15 is 0 Å². The summed E-state index contributed by atoms with van der Waals surface area (Å²) in [6.45, 7) is 3.97. The van der Waals surface area contributed by atoms with Gasteiger partial charge in [0.1, 0.15) is 0 Å². The summed E-state index contributed by atoms with van der Waals surface area (Å²) in [4.78, 5) is 15.9. The topological polar surface area (TPSA) is 43.8 Å². The summed E-state index contributed by atoms with van der Waals surface area (Å²) in [6, 6.07) is 5.75. The highest BCUT2D eigenvalue weighted by Gasteiger charge is 2.51. The third-order valence-corrected chi connectivity index (χ3v) is 4.81. The highest BCUT2D eigenvalue weighted by Crippen LogP contribution is 2.49. The fraction of sp³-hybridized carbons (Fsp3) is 0.533. The van der Waals surface area contributed by atoms with Crippen LogP contribution in [0.1, 0.15) is 18.4 Å². The van der Waals surface area contributed by atoms with Crippen molar-refractivity contribution in [2.24, 2.45) is 0 Å². The lowest BCUT2D eigenvalue weighted by atomic mass is 9.96. The minimum Gasteiger partial charge on any atom is -0.481 e. The fourth-order valence-corrected chi connectivity index (χ4v) is 3.16. The molecule has 2 fully saturated rings. The van der Waals surface area contributed by atoms with Crippen molar-refractivity contribution in [3.8, 4) is 0 Å². The second-order valence-corrected chi connectivity index (χ2v) is 6.25. The van der Waals surface area contributed by atoms with Crippen LogP contribution < -0.4 is 4.90 Å². The van der Waals surface area contributed by atoms with Gasteiger partial charge in [-0.1, -0.05) is 17.7 Å². The number of aliphatic carboxylic acids is 1. The van der Waals surface area contributed by atoms with Crippen LogP contribution in [0.4, 0.5) is 5.69 Å². The molecule has 0 spiro atoms. The normalized spacial score (nSPS) is 21.8. The second kappa shape index (κ2) is 4.93. The van der Waals surface area contributed by atoms with Gasteiger partial charge < -0.3 is 14.9 Å². The minimum atomic E-state index is -0.735. The highest BCUT2D eigenvalue weighted by molar-refractivity contribution is 6.33. The Hall–Kier alpha value is -1.26. The SMILES string of the molecule is CN1CCN(c2ccc(C3(C(=O)O)CC3)cc2Cl)CC1. The molecule has 1 aliphatic carbocycles. The Morgan fingerprint density at radius 3 is 2.40 bits per heavy atom. The molecule has 1 N–H and O–H groups in total. The Bertz CT molecular complexity index is 535. The monoisotopic (exact) mass is 294 g/mol. The first-order valence-corrected chi connectivity index (χ1v) is 7.38. The molecule has 1 aromatic carbocycles. The van der Waals surface area contributed by atoms with Gasteiger partial charge in [-0.3, -0.25) is 4.79 Å². The van der Waals surface area contributed by atoms with Crippen molar-refractivity contribution >= 4 is 23.3 Å². The van der Waals surface area contributed by atoms with Crippen LogP contribution in [-0.4, -0.2) is 49.2 Å². The van der Waals surface area contributed by atoms with E-state index < -0.39 is 11.4 Å². The molecule has 1 aromatic rings. The van der Waals surface area contributed by atoms with E-state index in [0.717, 1.165) is 37.4 Å². The molecule has 0 aromatic heterocycles. The number of piperazine rings is 1. The van der Waals surface area contributed by atoms with Gasteiger partial charge in [0.25, 0.3) is 0 Å². The first kappa shape index (κ1) is 13.7. The molecule has 1 saturated heterocycles. The number of carboxylic acids is 1. The van der Waals surface area contributed by atoms with E-state index in [4.69, 9.17) is 11.6 Å². The molecule has 1 heterocycles. The predicted octanol–water partition coefficient (Wildman–Crippen LogP) is 2.21. The van der Waals surface area contributed by atoms with E-state index in [1.54, 1.807) is 0 Å². The molecule has 3 rings (SSSR count). The van der Waals surface area contributed by atoms with Gasteiger partial charge in [0.2, 0.25) is 0 Å². The fourth-order valence-electron chi connectivity index (χ4n) is 2.86. The van der Waals surface area contributed by atoms with Crippen molar-refractivity contribution in [3.05, 3.63) is 28.8 Å². The van der Waals surface area contributed by atoms with Crippen molar-refractivity contribution in [1.82, 2.24) is 4.90 Å². The van der Waals surface area contributed by atoms with Crippen LogP contribution in [0.2, 0.25) is 5.02 Å². The number of anilines is 1. The van der Waals surface area contributed by atoms with Crippen molar-refractivity contribution in [1.29, 1.82) is 0 Å². The Morgan fingerprint density at radius 1 is 1.25 bits per heavy atom. The van der Waals surface area contributed by atoms with E-state index in [1.165, 1.54) is 0 Å². The second-order valence-electron chi connectivity index (χ2n) is 5.84. The minimum absolute atomic E-state index is 0.666. The number of benzene rings is 1. The number of nitrogens with zero attached hydrogens (tertiary/aromatic N) is 2. The number of rotatable bonds is 3. The van der Waals surface area contributed by atoms with Crippen molar-refractivity contribution < 1.29 is 9.90 Å². The summed E-state index contributed by atoms with van der Waals surface area (Å²) < 4.78 is 0. The number of hydrogen-bond acceptors (Lipinski definition) is 3. The van der Waals surface area contributed by atoms with Crippen LogP contribution in [0.3, 0.4) is 0 Å². The first-order chi connectivity index (χ1) is 9.53. The third-order valence-electron chi connectivity index (χ3n) is 4.50. The zero-order valence-corrected chi connectivity index (χ0v) is 12.4. The van der Waals surface area contributed by atoms with Crippen LogP contribution in [0.25, 0.3) is 0 Å². The van der Waals surface area contributed by atoms with Gasteiger partial charge in [-0.05, 0) is 37.6 Å². The Balaban J connectivity index is 1.83. The molecular formula is C15H19ClN2O2. The molecule has 20 heavy (non-hydrogen) atoms. The molecule has 2 aliphatic rings. The number of halogens is 1. The molecule has 0 bridgehead atoms. The summed E-state index contributed by atoms with van der Waals surface area (Å²) >= 11 is 6.39. The summed E-state index contributed by atoms with van der Waals surface area (Å²) in [5.74, 6) is -0.735. The van der Waals surface area contributed by atoms with Crippen LogP contribution in [0.5, 0.6) is 0 Å². The zero-order chi connectivity index (χ0) is 14.3. The summed E-state index contributed by atoms with van der Waals surface area (Å²) in [7, 11) is 2.12. The predicted molar refractivity (Wildman–Crippen MR) is 79.7 cm³/mol. The smallest absolute Gasteiger partial charge is 0.314 e. The molecule has 1 saturated carbocycles. The highest BCUT2D eigenvalue weighted by atomic mass is 35.5. The molecule has 108 valence electrons. The Kier molecular flexibility index (Phi) is 3.38. The molecule has 1 aliphatic heterocycles. The number of hydrogen-bond donors (Lipinski definition) is 1. The first-order valence-electron chi connectivity index (χ1n) is 7.00. The van der Waals surface area contributed by atoms with Gasteiger partial charge in [-0.25, -0.2) is 0 Å². The molecular weight excluding hydrogens is 276 g/mol. The molecule has 4 nitrogen and oxygen atoms in total. The maximum Gasteiger partial charge on any atom is 0.314 e. The van der Waals surface area contributed by atoms with Crippen molar-refractivity contribution in [2.45, 2.75) is 18.3 Å². The molecule has 0 unspecified atom stereocenters. The van der Waals surface area contributed by atoms with Crippen LogP contribution >= 0.6 is 11.6 Å². The van der Waals surface area contributed by atoms with Crippen molar-refractivity contribution in [3.63, 3.8) is 0 Å². The van der Waals surface area contributed by atoms with Crippen molar-refractivity contribution in [2.75, 3.05) is 38.1 Å². The third kappa shape index (κ3) is 2.27. The number of carbonyl (C=O) groups is 1. The summed E-state index contributed by atoms with van der Waals surface area (Å²) in [6.07, 6.45) is 1.43. The Labute approximate surface area is 123 Å². The van der Waals surface area contributed by atoms with Crippen LogP contribution in [0, 0.1) is 0 Å². The molecule has 0 atom stereocenters. The lowest BCUT2D eigenvalue weighted by Crippen LogP contribution is -2.44. The number of likely N-dealkylation sites (N-methyl/N-ethyl adjacent to an activating group) is 1. The van der Waals surface area contributed by atoms with E-state index in [2.05, 4.69) is 16.8 Å². The van der Waals surface area contributed by atoms with E-state index in [1.807, 2.05) is 18.2 Å². The molecule has 5 heteroatoms. The van der Waals surface area contributed by atoms with E-state index in [0.29, 0.717) is 17.9 Å². The van der Waals surface area contributed by atoms with Gasteiger partial charge in [0.15, 0.2) is 0 Å². The van der Waals surface area contributed by atoms with Gasteiger partial charge in [0, 0.05) is 26.2 Å². The lowest BCUT2D eigenvalue weighted by Gasteiger charge is -2.34. The standard InChI is InChI=1S/C15H19ClN2O2/c1-17-6-8-18(9-7-17)13-3-2-11(10-12(13)16)15(4-5-15)14(19)20/h2-3,10H,4-9H2,1H3,(H,19,20). The summed E-state index contributed by atoms with van der Waals surface area (Å²) in [5, 5.41) is 10.0. The maximum atomic E-state index is 11.4. The van der Waals surface area contributed by atoms with E-state index in [-0.39, 0.29) is 0 Å². The largest absolute Gasteiger partial charge is 0.481 e. The van der Waals surface area contributed by atoms with Crippen LogP contribution in [-0.2, 0) is 10.2 Å². The maximum absolute atomic E-state index is 11.4. The van der Waals surface area contributed by atoms with E-state index in [9.17, 15) is 9.90 Å². The average molecular weight is 295 g/mol.